The Morgan fingerprint density at radius 3 is 2.39 bits per heavy atom. The number of rotatable bonds is 10. The molecule has 1 rings (SSSR count). The summed E-state index contributed by atoms with van der Waals surface area (Å²) in [7, 11) is 1.73. The number of nitrogens with zero attached hydrogens (tertiary/aromatic N) is 1. The van der Waals surface area contributed by atoms with Crippen LogP contribution in [0.2, 0.25) is 0 Å². The molecule has 0 aromatic heterocycles. The lowest BCUT2D eigenvalue weighted by Crippen LogP contribution is -2.57. The van der Waals surface area contributed by atoms with E-state index in [4.69, 9.17) is 10.5 Å². The van der Waals surface area contributed by atoms with Gasteiger partial charge in [-0.25, -0.2) is 0 Å². The first-order valence-electron chi connectivity index (χ1n) is 7.24. The zero-order valence-corrected chi connectivity index (χ0v) is 12.2. The lowest BCUT2D eigenvalue weighted by molar-refractivity contribution is 0.0668. The van der Waals surface area contributed by atoms with Gasteiger partial charge in [-0.15, -0.1) is 0 Å². The van der Waals surface area contributed by atoms with Gasteiger partial charge in [-0.3, -0.25) is 4.90 Å². The van der Waals surface area contributed by atoms with Gasteiger partial charge in [0.05, 0.1) is 18.8 Å². The highest BCUT2D eigenvalue weighted by Crippen LogP contribution is 2.38. The number of hydrogen-bond donors (Lipinski definition) is 2. The lowest BCUT2D eigenvalue weighted by Gasteiger charge is -2.38. The van der Waals surface area contributed by atoms with E-state index in [0.717, 1.165) is 45.4 Å². The molecule has 1 saturated carbocycles. The van der Waals surface area contributed by atoms with Crippen molar-refractivity contribution in [1.29, 1.82) is 0 Å². The SMILES string of the molecule is CCC(CC)N(CCOC)CC(N)(CO)C1CC1. The molecule has 4 nitrogen and oxygen atoms in total. The standard InChI is InChI=1S/C14H30N2O2/c1-4-13(5-2)16(8-9-18-3)10-14(15,11-17)12-6-7-12/h12-13,17H,4-11,15H2,1-3H3. The maximum Gasteiger partial charge on any atom is 0.0626 e. The molecule has 4 heteroatoms. The van der Waals surface area contributed by atoms with E-state index >= 15 is 0 Å². The Kier molecular flexibility index (Phi) is 6.57. The monoisotopic (exact) mass is 258 g/mol. The van der Waals surface area contributed by atoms with Crippen LogP contribution in [0.3, 0.4) is 0 Å². The average Bonchev–Trinajstić information content (AvgIpc) is 3.21. The summed E-state index contributed by atoms with van der Waals surface area (Å²) in [5.41, 5.74) is 5.97. The van der Waals surface area contributed by atoms with Crippen LogP contribution >= 0.6 is 0 Å². The second-order valence-electron chi connectivity index (χ2n) is 5.60. The number of ether oxygens (including phenoxy) is 1. The van der Waals surface area contributed by atoms with Gasteiger partial charge < -0.3 is 15.6 Å². The fraction of sp³-hybridized carbons (Fsp3) is 1.00. The summed E-state index contributed by atoms with van der Waals surface area (Å²) in [6.07, 6.45) is 4.56. The predicted octanol–water partition coefficient (Wildman–Crippen LogP) is 1.22. The fourth-order valence-electron chi connectivity index (χ4n) is 2.75. The largest absolute Gasteiger partial charge is 0.394 e. The average molecular weight is 258 g/mol. The van der Waals surface area contributed by atoms with Gasteiger partial charge in [-0.2, -0.15) is 0 Å². The van der Waals surface area contributed by atoms with Crippen molar-refractivity contribution < 1.29 is 9.84 Å². The van der Waals surface area contributed by atoms with Crippen molar-refractivity contribution in [3.05, 3.63) is 0 Å². The minimum absolute atomic E-state index is 0.0846. The minimum atomic E-state index is -0.420. The summed E-state index contributed by atoms with van der Waals surface area (Å²) in [5, 5.41) is 9.61. The minimum Gasteiger partial charge on any atom is -0.394 e. The number of nitrogens with two attached hydrogens (primary N) is 1. The van der Waals surface area contributed by atoms with Crippen LogP contribution in [-0.4, -0.2) is 55.0 Å². The molecule has 108 valence electrons. The molecule has 1 aliphatic carbocycles. The second-order valence-corrected chi connectivity index (χ2v) is 5.60. The molecule has 0 bridgehead atoms. The molecule has 0 amide bonds. The molecule has 0 heterocycles. The molecule has 0 radical (unpaired) electrons. The second kappa shape index (κ2) is 7.43. The van der Waals surface area contributed by atoms with Gasteiger partial charge in [-0.1, -0.05) is 13.8 Å². The van der Waals surface area contributed by atoms with E-state index in [1.165, 1.54) is 0 Å². The van der Waals surface area contributed by atoms with Crippen LogP contribution in [0, 0.1) is 5.92 Å². The summed E-state index contributed by atoms with van der Waals surface area (Å²) >= 11 is 0. The highest BCUT2D eigenvalue weighted by atomic mass is 16.5. The molecule has 0 aromatic rings. The van der Waals surface area contributed by atoms with Crippen molar-refractivity contribution in [2.75, 3.05) is 33.4 Å². The summed E-state index contributed by atoms with van der Waals surface area (Å²) in [6, 6.07) is 0.536. The van der Waals surface area contributed by atoms with Gasteiger partial charge in [0.25, 0.3) is 0 Å². The quantitative estimate of drug-likeness (QED) is 0.618. The smallest absolute Gasteiger partial charge is 0.0626 e. The third kappa shape index (κ3) is 4.19. The summed E-state index contributed by atoms with van der Waals surface area (Å²) < 4.78 is 5.19. The van der Waals surface area contributed by atoms with E-state index in [-0.39, 0.29) is 6.61 Å². The first kappa shape index (κ1) is 15.9. The summed E-state index contributed by atoms with van der Waals surface area (Å²) in [6.45, 7) is 6.91. The maximum atomic E-state index is 9.61. The Morgan fingerprint density at radius 2 is 2.00 bits per heavy atom. The third-order valence-corrected chi connectivity index (χ3v) is 4.22. The Bertz CT molecular complexity index is 230. The van der Waals surface area contributed by atoms with Crippen LogP contribution < -0.4 is 5.73 Å². The van der Waals surface area contributed by atoms with Crippen LogP contribution in [0.5, 0.6) is 0 Å². The molecule has 0 aromatic carbocycles. The molecule has 1 fully saturated rings. The van der Waals surface area contributed by atoms with E-state index in [2.05, 4.69) is 18.7 Å². The molecule has 0 saturated heterocycles. The van der Waals surface area contributed by atoms with Crippen molar-refractivity contribution in [2.45, 2.75) is 51.1 Å². The Labute approximate surface area is 111 Å². The number of aliphatic hydroxyl groups excluding tert-OH is 1. The van der Waals surface area contributed by atoms with Crippen LogP contribution in [-0.2, 0) is 4.74 Å². The van der Waals surface area contributed by atoms with Crippen LogP contribution in [0.4, 0.5) is 0 Å². The van der Waals surface area contributed by atoms with Crippen molar-refractivity contribution in [3.63, 3.8) is 0 Å². The van der Waals surface area contributed by atoms with E-state index in [1.807, 2.05) is 0 Å². The van der Waals surface area contributed by atoms with Gasteiger partial charge in [0.2, 0.25) is 0 Å². The van der Waals surface area contributed by atoms with E-state index < -0.39 is 5.54 Å². The first-order valence-corrected chi connectivity index (χ1v) is 7.24. The molecule has 1 atom stereocenters. The highest BCUT2D eigenvalue weighted by Gasteiger charge is 2.43. The zero-order chi connectivity index (χ0) is 13.6. The van der Waals surface area contributed by atoms with E-state index in [9.17, 15) is 5.11 Å². The highest BCUT2D eigenvalue weighted by molar-refractivity contribution is 5.01. The van der Waals surface area contributed by atoms with Crippen molar-refractivity contribution in [1.82, 2.24) is 4.90 Å². The molecule has 3 N–H and O–H groups in total. The normalized spacial score (nSPS) is 19.5. The van der Waals surface area contributed by atoms with Gasteiger partial charge in [0.15, 0.2) is 0 Å². The third-order valence-electron chi connectivity index (χ3n) is 4.22. The van der Waals surface area contributed by atoms with Crippen molar-refractivity contribution >= 4 is 0 Å². The number of methoxy groups -OCH3 is 1. The van der Waals surface area contributed by atoms with Gasteiger partial charge >= 0.3 is 0 Å². The van der Waals surface area contributed by atoms with Crippen molar-refractivity contribution in [3.8, 4) is 0 Å². The first-order chi connectivity index (χ1) is 8.61. The van der Waals surface area contributed by atoms with Gasteiger partial charge in [0, 0.05) is 26.2 Å². The summed E-state index contributed by atoms with van der Waals surface area (Å²) in [5.74, 6) is 0.502. The molecule has 18 heavy (non-hydrogen) atoms. The Balaban J connectivity index is 2.63. The molecule has 1 aliphatic rings. The fourth-order valence-corrected chi connectivity index (χ4v) is 2.75. The van der Waals surface area contributed by atoms with Crippen LogP contribution in [0.1, 0.15) is 39.5 Å². The van der Waals surface area contributed by atoms with E-state index in [0.29, 0.717) is 12.0 Å². The molecular weight excluding hydrogens is 228 g/mol. The van der Waals surface area contributed by atoms with Gasteiger partial charge in [0.1, 0.15) is 0 Å². The Hall–Kier alpha value is -0.160. The number of aliphatic hydroxyl groups is 1. The number of hydrogen-bond acceptors (Lipinski definition) is 4. The van der Waals surface area contributed by atoms with Crippen molar-refractivity contribution in [2.24, 2.45) is 11.7 Å². The summed E-state index contributed by atoms with van der Waals surface area (Å²) in [4.78, 5) is 2.40. The molecule has 0 spiro atoms. The predicted molar refractivity (Wildman–Crippen MR) is 74.5 cm³/mol. The topological polar surface area (TPSA) is 58.7 Å². The molecule has 1 unspecified atom stereocenters. The van der Waals surface area contributed by atoms with Crippen LogP contribution in [0.15, 0.2) is 0 Å². The van der Waals surface area contributed by atoms with E-state index in [1.54, 1.807) is 7.11 Å². The lowest BCUT2D eigenvalue weighted by atomic mass is 9.93. The zero-order valence-electron chi connectivity index (χ0n) is 12.2. The molecular formula is C14H30N2O2. The maximum absolute atomic E-state index is 9.61. The Morgan fingerprint density at radius 1 is 1.39 bits per heavy atom. The van der Waals surface area contributed by atoms with Crippen LogP contribution in [0.25, 0.3) is 0 Å². The molecule has 0 aliphatic heterocycles. The van der Waals surface area contributed by atoms with Gasteiger partial charge in [-0.05, 0) is 31.6 Å².